The molecule has 0 spiro atoms. The Labute approximate surface area is 177 Å². The average molecular weight is 500 g/mol. The number of hydrogen-bond acceptors (Lipinski definition) is 3. The minimum absolute atomic E-state index is 0. The lowest BCUT2D eigenvalue weighted by atomic mass is 9.78. The van der Waals surface area contributed by atoms with E-state index in [-0.39, 0.29) is 24.0 Å². The summed E-state index contributed by atoms with van der Waals surface area (Å²) in [4.78, 5) is 6.91. The zero-order valence-corrected chi connectivity index (χ0v) is 20.0. The molecule has 0 aromatic rings. The van der Waals surface area contributed by atoms with Crippen LogP contribution in [0.15, 0.2) is 4.99 Å². The van der Waals surface area contributed by atoms with Gasteiger partial charge in [0.25, 0.3) is 0 Å². The molecule has 0 radical (unpaired) electrons. The van der Waals surface area contributed by atoms with Crippen LogP contribution in [0.2, 0.25) is 0 Å². The lowest BCUT2D eigenvalue weighted by Gasteiger charge is -2.42. The largest absolute Gasteiger partial charge is 0.356 e. The zero-order valence-electron chi connectivity index (χ0n) is 16.8. The fourth-order valence-corrected chi connectivity index (χ4v) is 5.19. The molecule has 154 valence electrons. The fourth-order valence-electron chi connectivity index (χ4n) is 4.32. The predicted octanol–water partition coefficient (Wildman–Crippen LogP) is 2.75. The van der Waals surface area contributed by atoms with Crippen molar-refractivity contribution in [1.82, 2.24) is 14.5 Å². The Morgan fingerprint density at radius 2 is 1.92 bits per heavy atom. The summed E-state index contributed by atoms with van der Waals surface area (Å²) in [5, 5.41) is 3.55. The van der Waals surface area contributed by atoms with Crippen molar-refractivity contribution in [3.05, 3.63) is 0 Å². The molecule has 6 nitrogen and oxygen atoms in total. The van der Waals surface area contributed by atoms with Gasteiger partial charge in [-0.05, 0) is 43.4 Å². The van der Waals surface area contributed by atoms with Gasteiger partial charge in [0.2, 0.25) is 10.0 Å². The number of nitrogens with zero attached hydrogens (tertiary/aromatic N) is 3. The summed E-state index contributed by atoms with van der Waals surface area (Å²) >= 11 is 0. The average Bonchev–Trinajstić information content (AvgIpc) is 2.55. The summed E-state index contributed by atoms with van der Waals surface area (Å²) in [6.07, 6.45) is 8.17. The van der Waals surface area contributed by atoms with Crippen LogP contribution in [0, 0.1) is 11.3 Å². The van der Waals surface area contributed by atoms with Gasteiger partial charge in [0.05, 0.1) is 6.26 Å². The number of halogens is 1. The van der Waals surface area contributed by atoms with Gasteiger partial charge in [-0.2, -0.15) is 0 Å². The highest BCUT2D eigenvalue weighted by Crippen LogP contribution is 2.33. The van der Waals surface area contributed by atoms with Crippen molar-refractivity contribution in [2.45, 2.75) is 52.4 Å². The summed E-state index contributed by atoms with van der Waals surface area (Å²) in [5.41, 5.74) is 0.394. The summed E-state index contributed by atoms with van der Waals surface area (Å²) in [6, 6.07) is 0. The zero-order chi connectivity index (χ0) is 18.5. The molecule has 1 atom stereocenters. The van der Waals surface area contributed by atoms with Gasteiger partial charge in [-0.15, -0.1) is 24.0 Å². The van der Waals surface area contributed by atoms with Crippen molar-refractivity contribution in [2.24, 2.45) is 16.3 Å². The molecule has 0 saturated carbocycles. The van der Waals surface area contributed by atoms with Gasteiger partial charge < -0.3 is 10.2 Å². The maximum Gasteiger partial charge on any atom is 0.211 e. The number of piperidine rings is 2. The molecule has 2 rings (SSSR count). The van der Waals surface area contributed by atoms with E-state index in [2.05, 4.69) is 29.1 Å². The number of aliphatic imine (C=N–C) groups is 1. The van der Waals surface area contributed by atoms with E-state index in [4.69, 9.17) is 0 Å². The van der Waals surface area contributed by atoms with Crippen LogP contribution in [0.25, 0.3) is 0 Å². The lowest BCUT2D eigenvalue weighted by molar-refractivity contribution is 0.142. The van der Waals surface area contributed by atoms with E-state index < -0.39 is 10.0 Å². The summed E-state index contributed by atoms with van der Waals surface area (Å²) in [7, 11) is -1.18. The smallest absolute Gasteiger partial charge is 0.211 e. The Hall–Kier alpha value is -0.0900. The van der Waals surface area contributed by atoms with E-state index in [0.717, 1.165) is 38.4 Å². The Morgan fingerprint density at radius 1 is 1.27 bits per heavy atom. The Bertz CT molecular complexity index is 558. The topological polar surface area (TPSA) is 65.0 Å². The lowest BCUT2D eigenvalue weighted by Crippen LogP contribution is -2.51. The molecule has 2 fully saturated rings. The molecule has 8 heteroatoms. The van der Waals surface area contributed by atoms with Crippen LogP contribution in [0.1, 0.15) is 52.4 Å². The monoisotopic (exact) mass is 500 g/mol. The van der Waals surface area contributed by atoms with Gasteiger partial charge in [0.1, 0.15) is 0 Å². The summed E-state index contributed by atoms with van der Waals surface area (Å²) in [6.45, 7) is 8.98. The standard InChI is InChI=1S/C18H36N4O2S.HI/c1-5-9-18(2)10-6-11-21(15-18)17(19-3)20-14-16-7-12-22(13-8-16)25(4,23)24;/h16H,5-15H2,1-4H3,(H,19,20);1H. The number of likely N-dealkylation sites (tertiary alicyclic amines) is 1. The fraction of sp³-hybridized carbons (Fsp3) is 0.944. The SMILES string of the molecule is CCCC1(C)CCCN(C(=NC)NCC2CCN(S(C)(=O)=O)CC2)C1.I. The van der Waals surface area contributed by atoms with Crippen molar-refractivity contribution in [3.8, 4) is 0 Å². The van der Waals surface area contributed by atoms with E-state index in [9.17, 15) is 8.42 Å². The molecule has 0 aromatic carbocycles. The molecule has 0 aliphatic carbocycles. The first kappa shape index (κ1) is 23.9. The van der Waals surface area contributed by atoms with Gasteiger partial charge in [-0.25, -0.2) is 12.7 Å². The van der Waals surface area contributed by atoms with Crippen LogP contribution in [0.3, 0.4) is 0 Å². The van der Waals surface area contributed by atoms with Crippen molar-refractivity contribution < 1.29 is 8.42 Å². The molecule has 2 heterocycles. The van der Waals surface area contributed by atoms with E-state index in [1.54, 1.807) is 4.31 Å². The molecule has 2 aliphatic rings. The van der Waals surface area contributed by atoms with Gasteiger partial charge in [0.15, 0.2) is 5.96 Å². The second-order valence-corrected chi connectivity index (χ2v) is 10.1. The molecule has 2 aliphatic heterocycles. The molecule has 0 aromatic heterocycles. The van der Waals surface area contributed by atoms with Crippen LogP contribution in [0.5, 0.6) is 0 Å². The highest BCUT2D eigenvalue weighted by Gasteiger charge is 2.32. The van der Waals surface area contributed by atoms with E-state index in [1.165, 1.54) is 31.9 Å². The molecular weight excluding hydrogens is 463 g/mol. The maximum atomic E-state index is 11.6. The number of sulfonamides is 1. The second kappa shape index (κ2) is 10.5. The molecule has 0 bridgehead atoms. The van der Waals surface area contributed by atoms with Crippen LogP contribution in [0.4, 0.5) is 0 Å². The van der Waals surface area contributed by atoms with Crippen LogP contribution in [-0.2, 0) is 10.0 Å². The van der Waals surface area contributed by atoms with Crippen molar-refractivity contribution in [3.63, 3.8) is 0 Å². The number of hydrogen-bond donors (Lipinski definition) is 1. The highest BCUT2D eigenvalue weighted by molar-refractivity contribution is 14.0. The maximum absolute atomic E-state index is 11.6. The third kappa shape index (κ3) is 6.82. The normalized spacial score (nSPS) is 26.5. The van der Waals surface area contributed by atoms with Crippen LogP contribution < -0.4 is 5.32 Å². The second-order valence-electron chi connectivity index (χ2n) is 8.12. The molecule has 0 amide bonds. The van der Waals surface area contributed by atoms with Crippen molar-refractivity contribution in [1.29, 1.82) is 0 Å². The quantitative estimate of drug-likeness (QED) is 0.358. The summed E-state index contributed by atoms with van der Waals surface area (Å²) < 4.78 is 24.8. The van der Waals surface area contributed by atoms with E-state index in [1.807, 2.05) is 7.05 Å². The number of rotatable bonds is 5. The first-order valence-electron chi connectivity index (χ1n) is 9.68. The minimum atomic E-state index is -3.04. The van der Waals surface area contributed by atoms with Gasteiger partial charge >= 0.3 is 0 Å². The molecule has 1 N–H and O–H groups in total. The van der Waals surface area contributed by atoms with Crippen LogP contribution in [-0.4, -0.2) is 69.6 Å². The molecule has 2 saturated heterocycles. The third-order valence-corrected chi connectivity index (χ3v) is 7.04. The van der Waals surface area contributed by atoms with Gasteiger partial charge in [-0.1, -0.05) is 20.3 Å². The van der Waals surface area contributed by atoms with E-state index in [0.29, 0.717) is 24.4 Å². The Morgan fingerprint density at radius 3 is 2.46 bits per heavy atom. The van der Waals surface area contributed by atoms with Crippen molar-refractivity contribution in [2.75, 3.05) is 46.0 Å². The molecule has 1 unspecified atom stereocenters. The summed E-state index contributed by atoms with van der Waals surface area (Å²) in [5.74, 6) is 1.52. The van der Waals surface area contributed by atoms with Gasteiger partial charge in [0, 0.05) is 39.8 Å². The van der Waals surface area contributed by atoms with E-state index >= 15 is 0 Å². The van der Waals surface area contributed by atoms with Gasteiger partial charge in [-0.3, -0.25) is 4.99 Å². The highest BCUT2D eigenvalue weighted by atomic mass is 127. The number of nitrogens with one attached hydrogen (secondary N) is 1. The van der Waals surface area contributed by atoms with Crippen molar-refractivity contribution >= 4 is 40.0 Å². The molecular formula is C18H37IN4O2S. The number of guanidine groups is 1. The Kier molecular flexibility index (Phi) is 9.63. The third-order valence-electron chi connectivity index (χ3n) is 5.74. The Balaban J connectivity index is 0.00000338. The first-order valence-corrected chi connectivity index (χ1v) is 11.5. The first-order chi connectivity index (χ1) is 11.8. The minimum Gasteiger partial charge on any atom is -0.356 e. The molecule has 26 heavy (non-hydrogen) atoms. The van der Waals surface area contributed by atoms with Crippen LogP contribution >= 0.6 is 24.0 Å². The predicted molar refractivity (Wildman–Crippen MR) is 120 cm³/mol.